The van der Waals surface area contributed by atoms with Gasteiger partial charge in [0.15, 0.2) is 11.5 Å². The van der Waals surface area contributed by atoms with E-state index in [2.05, 4.69) is 20.9 Å². The summed E-state index contributed by atoms with van der Waals surface area (Å²) < 4.78 is 11.9. The van der Waals surface area contributed by atoms with Gasteiger partial charge >= 0.3 is 0 Å². The van der Waals surface area contributed by atoms with E-state index in [4.69, 9.17) is 9.47 Å². The average molecular weight is 312 g/mol. The number of carbonyl (C=O) groups excluding carboxylic acids is 1. The molecular formula is C13H14BrNO3. The minimum absolute atomic E-state index is 0.281. The fraction of sp³-hybridized carbons (Fsp3) is 0.462. The van der Waals surface area contributed by atoms with Crippen LogP contribution in [0.2, 0.25) is 0 Å². The van der Waals surface area contributed by atoms with Crippen molar-refractivity contribution in [2.75, 3.05) is 13.7 Å². The van der Waals surface area contributed by atoms with Crippen LogP contribution in [0, 0.1) is 5.92 Å². The molecule has 4 nitrogen and oxygen atoms in total. The molecule has 96 valence electrons. The number of methoxy groups -OCH3 is 1. The summed E-state index contributed by atoms with van der Waals surface area (Å²) in [6, 6.07) is 3.68. The second-order valence-electron chi connectivity index (χ2n) is 4.26. The third-order valence-electron chi connectivity index (χ3n) is 2.82. The Morgan fingerprint density at radius 2 is 2.22 bits per heavy atom. The molecule has 18 heavy (non-hydrogen) atoms. The lowest BCUT2D eigenvalue weighted by Crippen LogP contribution is -2.01. The van der Waals surface area contributed by atoms with Gasteiger partial charge in [-0.1, -0.05) is 15.9 Å². The molecule has 2 rings (SSSR count). The van der Waals surface area contributed by atoms with E-state index in [1.54, 1.807) is 7.11 Å². The Bertz CT molecular complexity index is 479. The third kappa shape index (κ3) is 3.34. The van der Waals surface area contributed by atoms with E-state index < -0.39 is 0 Å². The first kappa shape index (κ1) is 13.1. The number of hydrogen-bond acceptors (Lipinski definition) is 4. The largest absolute Gasteiger partial charge is 0.493 e. The third-order valence-corrected chi connectivity index (χ3v) is 3.56. The molecule has 1 fully saturated rings. The summed E-state index contributed by atoms with van der Waals surface area (Å²) in [6.07, 6.45) is 4.02. The van der Waals surface area contributed by atoms with Crippen molar-refractivity contribution >= 4 is 22.0 Å². The molecule has 0 unspecified atom stereocenters. The van der Waals surface area contributed by atoms with Gasteiger partial charge in [-0.2, -0.15) is 0 Å². The van der Waals surface area contributed by atoms with Crippen LogP contribution < -0.4 is 9.47 Å². The van der Waals surface area contributed by atoms with Gasteiger partial charge in [0, 0.05) is 4.47 Å². The van der Waals surface area contributed by atoms with Crippen LogP contribution in [0.25, 0.3) is 0 Å². The highest BCUT2D eigenvalue weighted by molar-refractivity contribution is 9.10. The number of rotatable bonds is 6. The Labute approximate surface area is 114 Å². The number of ether oxygens (including phenoxy) is 2. The van der Waals surface area contributed by atoms with E-state index in [1.807, 2.05) is 12.1 Å². The number of nitrogens with zero attached hydrogens (tertiary/aromatic N) is 1. The normalized spacial score (nSPS) is 13.9. The molecule has 1 aliphatic rings. The molecule has 0 N–H and O–H groups in total. The van der Waals surface area contributed by atoms with E-state index in [-0.39, 0.29) is 6.54 Å². The molecule has 0 heterocycles. The summed E-state index contributed by atoms with van der Waals surface area (Å²) in [5.74, 6) is 2.07. The van der Waals surface area contributed by atoms with E-state index in [9.17, 15) is 4.79 Å². The zero-order valence-corrected chi connectivity index (χ0v) is 11.7. The van der Waals surface area contributed by atoms with E-state index >= 15 is 0 Å². The van der Waals surface area contributed by atoms with Crippen LogP contribution in [0.3, 0.4) is 0 Å². The Morgan fingerprint density at radius 1 is 1.44 bits per heavy atom. The van der Waals surface area contributed by atoms with Crippen LogP contribution in [0.4, 0.5) is 0 Å². The SMILES string of the molecule is COc1cc(CN=C=O)c(Br)cc1OCC1CC1. The predicted octanol–water partition coefficient (Wildman–Crippen LogP) is 3.08. The first-order chi connectivity index (χ1) is 8.74. The highest BCUT2D eigenvalue weighted by atomic mass is 79.9. The lowest BCUT2D eigenvalue weighted by Gasteiger charge is -2.12. The summed E-state index contributed by atoms with van der Waals surface area (Å²) in [7, 11) is 1.60. The molecule has 0 aromatic heterocycles. The summed E-state index contributed by atoms with van der Waals surface area (Å²) in [5, 5.41) is 0. The maximum Gasteiger partial charge on any atom is 0.235 e. The van der Waals surface area contributed by atoms with Gasteiger partial charge in [-0.25, -0.2) is 9.79 Å². The Kier molecular flexibility index (Phi) is 4.39. The second-order valence-corrected chi connectivity index (χ2v) is 5.11. The molecule has 0 spiro atoms. The zero-order valence-electron chi connectivity index (χ0n) is 10.1. The number of halogens is 1. The van der Waals surface area contributed by atoms with Gasteiger partial charge in [0.05, 0.1) is 20.3 Å². The van der Waals surface area contributed by atoms with E-state index in [0.717, 1.165) is 22.4 Å². The fourth-order valence-corrected chi connectivity index (χ4v) is 2.03. The molecule has 0 bridgehead atoms. The Morgan fingerprint density at radius 3 is 2.83 bits per heavy atom. The standard InChI is InChI=1S/C13H14BrNO3/c1-17-12-4-10(6-15-8-16)11(14)5-13(12)18-7-9-2-3-9/h4-5,9H,2-3,6-7H2,1H3. The van der Waals surface area contributed by atoms with Crippen molar-refractivity contribution in [2.45, 2.75) is 19.4 Å². The Hall–Kier alpha value is -1.32. The monoisotopic (exact) mass is 311 g/mol. The molecule has 0 aliphatic heterocycles. The fourth-order valence-electron chi connectivity index (χ4n) is 1.58. The van der Waals surface area contributed by atoms with Crippen molar-refractivity contribution in [1.82, 2.24) is 0 Å². The molecule has 0 amide bonds. The molecule has 1 aromatic carbocycles. The van der Waals surface area contributed by atoms with Crippen LogP contribution in [-0.2, 0) is 11.3 Å². The minimum atomic E-state index is 0.281. The molecule has 1 saturated carbocycles. The number of aliphatic imine (C=N–C) groups is 1. The predicted molar refractivity (Wildman–Crippen MR) is 70.7 cm³/mol. The van der Waals surface area contributed by atoms with Crippen LogP contribution in [0.15, 0.2) is 21.6 Å². The van der Waals surface area contributed by atoms with Gasteiger partial charge in [-0.05, 0) is 36.5 Å². The smallest absolute Gasteiger partial charge is 0.235 e. The van der Waals surface area contributed by atoms with Crippen LogP contribution in [0.1, 0.15) is 18.4 Å². The summed E-state index contributed by atoms with van der Waals surface area (Å²) in [4.78, 5) is 13.7. The summed E-state index contributed by atoms with van der Waals surface area (Å²) in [6.45, 7) is 1.01. The lowest BCUT2D eigenvalue weighted by atomic mass is 10.2. The lowest BCUT2D eigenvalue weighted by molar-refractivity contribution is 0.280. The number of isocyanates is 1. The van der Waals surface area contributed by atoms with Crippen molar-refractivity contribution in [2.24, 2.45) is 10.9 Å². The van der Waals surface area contributed by atoms with Crippen molar-refractivity contribution in [3.8, 4) is 11.5 Å². The van der Waals surface area contributed by atoms with Gasteiger partial charge in [-0.3, -0.25) is 0 Å². The second kappa shape index (κ2) is 6.03. The first-order valence-corrected chi connectivity index (χ1v) is 6.56. The molecule has 1 aliphatic carbocycles. The molecular weight excluding hydrogens is 298 g/mol. The Balaban J connectivity index is 2.17. The van der Waals surface area contributed by atoms with Crippen LogP contribution >= 0.6 is 15.9 Å². The van der Waals surface area contributed by atoms with Gasteiger partial charge in [0.2, 0.25) is 6.08 Å². The van der Waals surface area contributed by atoms with Crippen LogP contribution in [-0.4, -0.2) is 19.8 Å². The molecule has 0 atom stereocenters. The van der Waals surface area contributed by atoms with E-state index in [1.165, 1.54) is 18.9 Å². The zero-order chi connectivity index (χ0) is 13.0. The number of hydrogen-bond donors (Lipinski definition) is 0. The van der Waals surface area contributed by atoms with Crippen molar-refractivity contribution in [3.63, 3.8) is 0 Å². The topological polar surface area (TPSA) is 47.9 Å². The highest BCUT2D eigenvalue weighted by Gasteiger charge is 2.22. The molecule has 0 saturated heterocycles. The summed E-state index contributed by atoms with van der Waals surface area (Å²) >= 11 is 3.44. The van der Waals surface area contributed by atoms with E-state index in [0.29, 0.717) is 11.7 Å². The quantitative estimate of drug-likeness (QED) is 0.599. The maximum atomic E-state index is 10.1. The van der Waals surface area contributed by atoms with Gasteiger partial charge < -0.3 is 9.47 Å². The number of benzene rings is 1. The summed E-state index contributed by atoms with van der Waals surface area (Å²) in [5.41, 5.74) is 0.869. The minimum Gasteiger partial charge on any atom is -0.493 e. The van der Waals surface area contributed by atoms with Gasteiger partial charge in [0.1, 0.15) is 0 Å². The molecule has 0 radical (unpaired) electrons. The van der Waals surface area contributed by atoms with Crippen molar-refractivity contribution in [1.29, 1.82) is 0 Å². The average Bonchev–Trinajstić information content (AvgIpc) is 3.19. The van der Waals surface area contributed by atoms with Crippen LogP contribution in [0.5, 0.6) is 11.5 Å². The highest BCUT2D eigenvalue weighted by Crippen LogP contribution is 2.36. The van der Waals surface area contributed by atoms with Crippen molar-refractivity contribution in [3.05, 3.63) is 22.2 Å². The first-order valence-electron chi connectivity index (χ1n) is 5.77. The molecule has 5 heteroatoms. The van der Waals surface area contributed by atoms with Gasteiger partial charge in [0.25, 0.3) is 0 Å². The van der Waals surface area contributed by atoms with Crippen molar-refractivity contribution < 1.29 is 14.3 Å². The maximum absolute atomic E-state index is 10.1. The van der Waals surface area contributed by atoms with Gasteiger partial charge in [-0.15, -0.1) is 0 Å². The molecule has 1 aromatic rings.